The molecule has 3 aromatic carbocycles. The van der Waals surface area contributed by atoms with Gasteiger partial charge in [0.05, 0.1) is 17.7 Å². The highest BCUT2D eigenvalue weighted by Gasteiger charge is 2.25. The summed E-state index contributed by atoms with van der Waals surface area (Å²) in [5.74, 6) is -1.03. The average molecular weight is 427 g/mol. The molecule has 29 heavy (non-hydrogen) atoms. The van der Waals surface area contributed by atoms with Crippen molar-refractivity contribution in [2.45, 2.75) is 16.2 Å². The van der Waals surface area contributed by atoms with Crippen LogP contribution in [0.2, 0.25) is 5.02 Å². The molecule has 146 valence electrons. The van der Waals surface area contributed by atoms with Gasteiger partial charge in [-0.1, -0.05) is 41.6 Å². The van der Waals surface area contributed by atoms with Gasteiger partial charge in [0.2, 0.25) is 5.91 Å². The topological polar surface area (TPSA) is 49.4 Å². The molecule has 0 saturated carbocycles. The van der Waals surface area contributed by atoms with Crippen molar-refractivity contribution in [2.24, 2.45) is 0 Å². The summed E-state index contributed by atoms with van der Waals surface area (Å²) < 4.78 is 13.9. The van der Waals surface area contributed by atoms with Crippen LogP contribution in [0.1, 0.15) is 15.9 Å². The maximum atomic E-state index is 13.9. The first kappa shape index (κ1) is 19.5. The third kappa shape index (κ3) is 3.86. The molecule has 1 N–H and O–H groups in total. The summed E-state index contributed by atoms with van der Waals surface area (Å²) in [5.41, 5.74) is 2.00. The van der Waals surface area contributed by atoms with Crippen LogP contribution >= 0.6 is 23.4 Å². The smallest absolute Gasteiger partial charge is 0.259 e. The van der Waals surface area contributed by atoms with E-state index in [0.717, 1.165) is 9.79 Å². The third-order valence-corrected chi connectivity index (χ3v) is 6.14. The van der Waals surface area contributed by atoms with Crippen molar-refractivity contribution in [2.75, 3.05) is 17.3 Å². The van der Waals surface area contributed by atoms with E-state index in [1.54, 1.807) is 36.2 Å². The Labute approximate surface area is 176 Å². The van der Waals surface area contributed by atoms with Gasteiger partial charge in [-0.25, -0.2) is 4.39 Å². The molecule has 2 amide bonds. The van der Waals surface area contributed by atoms with Gasteiger partial charge < -0.3 is 10.2 Å². The number of carbonyl (C=O) groups excluding carboxylic acids is 2. The monoisotopic (exact) mass is 426 g/mol. The van der Waals surface area contributed by atoms with Crippen molar-refractivity contribution in [3.63, 3.8) is 0 Å². The lowest BCUT2D eigenvalue weighted by molar-refractivity contribution is -0.115. The molecule has 0 saturated heterocycles. The lowest BCUT2D eigenvalue weighted by Crippen LogP contribution is -2.26. The Morgan fingerprint density at radius 3 is 2.69 bits per heavy atom. The van der Waals surface area contributed by atoms with Gasteiger partial charge in [0.15, 0.2) is 0 Å². The van der Waals surface area contributed by atoms with Gasteiger partial charge in [0, 0.05) is 33.1 Å². The van der Waals surface area contributed by atoms with Crippen LogP contribution in [-0.2, 0) is 11.2 Å². The summed E-state index contributed by atoms with van der Waals surface area (Å²) in [6.07, 6.45) is -0.183. The normalized spacial score (nSPS) is 12.8. The summed E-state index contributed by atoms with van der Waals surface area (Å²) in [4.78, 5) is 28.6. The van der Waals surface area contributed by atoms with E-state index in [4.69, 9.17) is 11.6 Å². The molecule has 0 bridgehead atoms. The van der Waals surface area contributed by atoms with Gasteiger partial charge in [0.25, 0.3) is 5.91 Å². The molecular weight excluding hydrogens is 411 g/mol. The fourth-order valence-corrected chi connectivity index (χ4v) is 4.47. The van der Waals surface area contributed by atoms with Gasteiger partial charge >= 0.3 is 0 Å². The van der Waals surface area contributed by atoms with E-state index in [2.05, 4.69) is 5.32 Å². The van der Waals surface area contributed by atoms with Crippen molar-refractivity contribution in [1.82, 2.24) is 0 Å². The number of fused-ring (bicyclic) bond motifs is 2. The minimum absolute atomic E-state index is 0.117. The zero-order valence-electron chi connectivity index (χ0n) is 15.4. The summed E-state index contributed by atoms with van der Waals surface area (Å²) in [6, 6.07) is 17.1. The predicted molar refractivity (Wildman–Crippen MR) is 113 cm³/mol. The summed E-state index contributed by atoms with van der Waals surface area (Å²) in [5, 5.41) is 2.97. The van der Waals surface area contributed by atoms with Crippen LogP contribution in [0.4, 0.5) is 15.8 Å². The van der Waals surface area contributed by atoms with Crippen molar-refractivity contribution in [3.05, 3.63) is 82.6 Å². The fraction of sp³-hybridized carbons (Fsp3) is 0.0909. The van der Waals surface area contributed by atoms with Crippen molar-refractivity contribution >= 4 is 46.6 Å². The minimum Gasteiger partial charge on any atom is -0.326 e. The highest BCUT2D eigenvalue weighted by molar-refractivity contribution is 7.99. The van der Waals surface area contributed by atoms with Crippen LogP contribution in [0.5, 0.6) is 0 Å². The zero-order valence-corrected chi connectivity index (χ0v) is 17.0. The van der Waals surface area contributed by atoms with Crippen molar-refractivity contribution in [1.29, 1.82) is 0 Å². The van der Waals surface area contributed by atoms with Crippen LogP contribution in [0, 0.1) is 5.82 Å². The minimum atomic E-state index is -0.519. The Balaban J connectivity index is 1.59. The van der Waals surface area contributed by atoms with Crippen LogP contribution in [-0.4, -0.2) is 18.9 Å². The Kier molecular flexibility index (Phi) is 5.30. The number of rotatable bonds is 3. The Morgan fingerprint density at radius 1 is 1.10 bits per heavy atom. The number of nitrogens with zero attached hydrogens (tertiary/aromatic N) is 1. The van der Waals surface area contributed by atoms with Gasteiger partial charge in [-0.05, 0) is 42.5 Å². The highest BCUT2D eigenvalue weighted by Crippen LogP contribution is 2.41. The van der Waals surface area contributed by atoms with E-state index in [0.29, 0.717) is 16.9 Å². The van der Waals surface area contributed by atoms with Gasteiger partial charge in [-0.15, -0.1) is 0 Å². The zero-order chi connectivity index (χ0) is 20.5. The number of nitrogens with one attached hydrogen (secondary N) is 1. The maximum Gasteiger partial charge on any atom is 0.259 e. The first-order chi connectivity index (χ1) is 13.9. The molecule has 0 fully saturated rings. The van der Waals surface area contributed by atoms with Gasteiger partial charge in [-0.2, -0.15) is 0 Å². The Bertz CT molecular complexity index is 1120. The Morgan fingerprint density at radius 2 is 1.90 bits per heavy atom. The van der Waals surface area contributed by atoms with Crippen LogP contribution in [0.25, 0.3) is 0 Å². The van der Waals surface area contributed by atoms with Crippen LogP contribution in [0.3, 0.4) is 0 Å². The second-order valence-corrected chi connectivity index (χ2v) is 8.06. The molecule has 7 heteroatoms. The predicted octanol–water partition coefficient (Wildman–Crippen LogP) is 5.40. The average Bonchev–Trinajstić information content (AvgIpc) is 2.81. The molecule has 4 rings (SSSR count). The van der Waals surface area contributed by atoms with Gasteiger partial charge in [0.1, 0.15) is 5.82 Å². The van der Waals surface area contributed by atoms with Crippen molar-refractivity contribution < 1.29 is 14.0 Å². The summed E-state index contributed by atoms with van der Waals surface area (Å²) in [6.45, 7) is 0. The molecule has 0 radical (unpaired) electrons. The van der Waals surface area contributed by atoms with E-state index in [1.165, 1.54) is 23.9 Å². The molecule has 0 spiro atoms. The van der Waals surface area contributed by atoms with E-state index in [-0.39, 0.29) is 22.9 Å². The van der Waals surface area contributed by atoms with E-state index in [1.807, 2.05) is 24.3 Å². The summed E-state index contributed by atoms with van der Waals surface area (Å²) >= 11 is 7.50. The van der Waals surface area contributed by atoms with E-state index < -0.39 is 11.7 Å². The first-order valence-electron chi connectivity index (χ1n) is 8.86. The largest absolute Gasteiger partial charge is 0.326 e. The fourth-order valence-electron chi connectivity index (χ4n) is 3.15. The number of amides is 2. The number of hydrogen-bond donors (Lipinski definition) is 1. The van der Waals surface area contributed by atoms with Crippen molar-refractivity contribution in [3.8, 4) is 0 Å². The van der Waals surface area contributed by atoms with Gasteiger partial charge in [-0.3, -0.25) is 9.59 Å². The molecule has 0 atom stereocenters. The standard InChI is InChI=1S/C22H16ClFN2O2S/c1-26-18-11-13(25-21(27)12-15-16(23)6-4-7-17(15)24)9-10-20(18)29-19-8-3-2-5-14(19)22(26)28/h2-11H,12H2,1H3,(H,25,27). The molecule has 4 nitrogen and oxygen atoms in total. The highest BCUT2D eigenvalue weighted by atomic mass is 35.5. The lowest BCUT2D eigenvalue weighted by atomic mass is 10.1. The summed E-state index contributed by atoms with van der Waals surface area (Å²) in [7, 11) is 1.70. The second kappa shape index (κ2) is 7.89. The molecule has 0 aromatic heterocycles. The van der Waals surface area contributed by atoms with Crippen LogP contribution < -0.4 is 10.2 Å². The SMILES string of the molecule is CN1C(=O)c2ccccc2Sc2ccc(NC(=O)Cc3c(F)cccc3Cl)cc21. The van der Waals surface area contributed by atoms with E-state index >= 15 is 0 Å². The number of anilines is 2. The lowest BCUT2D eigenvalue weighted by Gasteiger charge is -2.18. The maximum absolute atomic E-state index is 13.9. The molecule has 3 aromatic rings. The third-order valence-electron chi connectivity index (χ3n) is 4.65. The number of halogens is 2. The first-order valence-corrected chi connectivity index (χ1v) is 10.0. The number of carbonyl (C=O) groups is 2. The molecule has 0 unspecified atom stereocenters. The second-order valence-electron chi connectivity index (χ2n) is 6.57. The molecule has 1 aliphatic heterocycles. The number of benzene rings is 3. The quantitative estimate of drug-likeness (QED) is 0.609. The molecular formula is C22H16ClFN2O2S. The molecule has 1 aliphatic rings. The number of hydrogen-bond acceptors (Lipinski definition) is 3. The molecule has 1 heterocycles. The molecule has 0 aliphatic carbocycles. The van der Waals surface area contributed by atoms with E-state index in [9.17, 15) is 14.0 Å². The Hall–Kier alpha value is -2.83. The van der Waals surface area contributed by atoms with Crippen LogP contribution in [0.15, 0.2) is 70.5 Å².